The van der Waals surface area contributed by atoms with E-state index in [0.717, 1.165) is 6.07 Å². The van der Waals surface area contributed by atoms with E-state index in [-0.39, 0.29) is 0 Å². The van der Waals surface area contributed by atoms with Crippen LogP contribution in [0.4, 0.5) is 8.78 Å². The normalized spacial score (nSPS) is 7.91. The van der Waals surface area contributed by atoms with Crippen LogP contribution in [0.1, 0.15) is 6.92 Å². The molecule has 0 saturated carbocycles. The third-order valence-electron chi connectivity index (χ3n) is 0.787. The molecule has 3 heteroatoms. The second kappa shape index (κ2) is 5.53. The van der Waals surface area contributed by atoms with Gasteiger partial charge in [0, 0.05) is 6.07 Å². The molecule has 1 aromatic rings. The maximum atomic E-state index is 11.9. The van der Waals surface area contributed by atoms with Crippen molar-refractivity contribution in [2.45, 2.75) is 6.92 Å². The summed E-state index contributed by atoms with van der Waals surface area (Å²) < 4.78 is 23.9. The third kappa shape index (κ3) is 5.21. The van der Waals surface area contributed by atoms with Gasteiger partial charge in [0.05, 0.1) is 0 Å². The monoisotopic (exact) mass is 157 g/mol. The van der Waals surface area contributed by atoms with Crippen LogP contribution in [0, 0.1) is 17.0 Å². The van der Waals surface area contributed by atoms with E-state index in [1.165, 1.54) is 24.4 Å². The molecule has 0 aliphatic rings. The van der Waals surface area contributed by atoms with Crippen LogP contribution in [0.15, 0.2) is 24.3 Å². The van der Waals surface area contributed by atoms with Gasteiger partial charge in [0.1, 0.15) is 11.6 Å². The summed E-state index contributed by atoms with van der Waals surface area (Å²) in [6.07, 6.45) is 1.25. The Morgan fingerprint density at radius 3 is 1.82 bits per heavy atom. The molecule has 0 aliphatic heterocycles. The van der Waals surface area contributed by atoms with Gasteiger partial charge in [-0.2, -0.15) is 0 Å². The highest BCUT2D eigenvalue weighted by Gasteiger charge is 1.88. The van der Waals surface area contributed by atoms with Gasteiger partial charge in [-0.25, -0.2) is 8.78 Å². The van der Waals surface area contributed by atoms with Crippen LogP contribution < -0.4 is 0 Å². The summed E-state index contributed by atoms with van der Waals surface area (Å²) >= 11 is 0. The first-order chi connectivity index (χ1) is 5.20. The average molecular weight is 157 g/mol. The maximum Gasteiger partial charge on any atom is 0.126 e. The fourth-order valence-electron chi connectivity index (χ4n) is 0.460. The average Bonchev–Trinajstić information content (AvgIpc) is 1.88. The molecule has 0 aliphatic carbocycles. The number of hydrogen-bond acceptors (Lipinski definition) is 1. The largest absolute Gasteiger partial charge is 0.313 e. The summed E-state index contributed by atoms with van der Waals surface area (Å²) in [6, 6.07) is 4.55. The van der Waals surface area contributed by atoms with Crippen molar-refractivity contribution in [2.24, 2.45) is 0 Å². The van der Waals surface area contributed by atoms with Gasteiger partial charge in [-0.15, -0.1) is 0 Å². The predicted octanol–water partition coefficient (Wildman–Crippen LogP) is 2.62. The Kier molecular flexibility index (Phi) is 4.90. The topological polar surface area (TPSA) is 23.9 Å². The van der Waals surface area contributed by atoms with Crippen LogP contribution in [0.5, 0.6) is 0 Å². The summed E-state index contributed by atoms with van der Waals surface area (Å²) in [4.78, 5) is 0. The molecule has 1 nitrogen and oxygen atoms in total. The summed E-state index contributed by atoms with van der Waals surface area (Å²) in [6.45, 7) is 1.67. The van der Waals surface area contributed by atoms with Crippen molar-refractivity contribution in [3.05, 3.63) is 35.9 Å². The minimum Gasteiger partial charge on any atom is -0.313 e. The highest BCUT2D eigenvalue weighted by atomic mass is 19.1. The molecule has 0 amide bonds. The quantitative estimate of drug-likeness (QED) is 0.560. The Bertz CT molecular complexity index is 206. The van der Waals surface area contributed by atoms with Gasteiger partial charge in [-0.1, -0.05) is 6.07 Å². The molecule has 1 rings (SSSR count). The molecule has 0 spiro atoms. The first-order valence-corrected chi connectivity index (χ1v) is 3.07. The fourth-order valence-corrected chi connectivity index (χ4v) is 0.460. The Morgan fingerprint density at radius 2 is 1.64 bits per heavy atom. The highest BCUT2D eigenvalue weighted by Crippen LogP contribution is 1.99. The lowest BCUT2D eigenvalue weighted by atomic mass is 10.3. The molecule has 0 heterocycles. The van der Waals surface area contributed by atoms with E-state index < -0.39 is 11.6 Å². The minimum absolute atomic E-state index is 0.537. The van der Waals surface area contributed by atoms with Gasteiger partial charge in [0.25, 0.3) is 0 Å². The second-order valence-electron chi connectivity index (χ2n) is 1.73. The molecule has 0 atom stereocenters. The van der Waals surface area contributed by atoms with Crippen LogP contribution in [0.3, 0.4) is 0 Å². The van der Waals surface area contributed by atoms with Crippen LogP contribution in [-0.4, -0.2) is 6.21 Å². The summed E-state index contributed by atoms with van der Waals surface area (Å²) in [7, 11) is 0. The van der Waals surface area contributed by atoms with Gasteiger partial charge in [0.15, 0.2) is 0 Å². The van der Waals surface area contributed by atoms with E-state index in [9.17, 15) is 8.78 Å². The van der Waals surface area contributed by atoms with E-state index in [2.05, 4.69) is 0 Å². The molecule has 0 saturated heterocycles. The smallest absolute Gasteiger partial charge is 0.126 e. The van der Waals surface area contributed by atoms with E-state index in [0.29, 0.717) is 0 Å². The molecule has 1 aromatic carbocycles. The minimum atomic E-state index is -0.537. The molecule has 11 heavy (non-hydrogen) atoms. The highest BCUT2D eigenvalue weighted by molar-refractivity contribution is 5.48. The summed E-state index contributed by atoms with van der Waals surface area (Å²) in [5, 5.41) is 6.08. The van der Waals surface area contributed by atoms with Crippen molar-refractivity contribution in [3.8, 4) is 0 Å². The van der Waals surface area contributed by atoms with E-state index in [1.807, 2.05) is 0 Å². The van der Waals surface area contributed by atoms with E-state index in [1.54, 1.807) is 6.92 Å². The van der Waals surface area contributed by atoms with E-state index in [4.69, 9.17) is 5.41 Å². The molecule has 0 radical (unpaired) electrons. The van der Waals surface area contributed by atoms with Crippen molar-refractivity contribution in [3.63, 3.8) is 0 Å². The van der Waals surface area contributed by atoms with Crippen LogP contribution >= 0.6 is 0 Å². The fraction of sp³-hybridized carbons (Fsp3) is 0.125. The lowest BCUT2D eigenvalue weighted by Crippen LogP contribution is -1.73. The lowest BCUT2D eigenvalue weighted by molar-refractivity contribution is 0.583. The molecule has 1 N–H and O–H groups in total. The van der Waals surface area contributed by atoms with Crippen LogP contribution in [-0.2, 0) is 0 Å². The third-order valence-corrected chi connectivity index (χ3v) is 0.787. The number of hydrogen-bond donors (Lipinski definition) is 1. The van der Waals surface area contributed by atoms with Crippen molar-refractivity contribution in [2.75, 3.05) is 0 Å². The number of benzene rings is 1. The van der Waals surface area contributed by atoms with Gasteiger partial charge in [-0.3, -0.25) is 0 Å². The Hall–Kier alpha value is -1.25. The van der Waals surface area contributed by atoms with Crippen LogP contribution in [0.2, 0.25) is 0 Å². The zero-order valence-electron chi connectivity index (χ0n) is 6.14. The molecule has 0 unspecified atom stereocenters. The molecule has 0 fully saturated rings. The molecule has 0 bridgehead atoms. The zero-order chi connectivity index (χ0) is 8.69. The molecular weight excluding hydrogens is 148 g/mol. The standard InChI is InChI=1S/C6H4F2.C2H5N/c7-5-2-1-3-6(8)4-5;1-2-3/h1-4H;2-3H,1H3. The van der Waals surface area contributed by atoms with Gasteiger partial charge in [-0.05, 0) is 25.3 Å². The Labute approximate surface area is 64.2 Å². The van der Waals surface area contributed by atoms with Gasteiger partial charge >= 0.3 is 0 Å². The van der Waals surface area contributed by atoms with Crippen LogP contribution in [0.25, 0.3) is 0 Å². The Morgan fingerprint density at radius 1 is 1.27 bits per heavy atom. The zero-order valence-corrected chi connectivity index (χ0v) is 6.14. The van der Waals surface area contributed by atoms with Crippen molar-refractivity contribution in [1.82, 2.24) is 0 Å². The van der Waals surface area contributed by atoms with E-state index >= 15 is 0 Å². The molecular formula is C8H9F2N. The number of halogens is 2. The number of nitrogens with one attached hydrogen (secondary N) is 1. The Balaban J connectivity index is 0.000000292. The first-order valence-electron chi connectivity index (χ1n) is 3.07. The molecule has 0 aromatic heterocycles. The van der Waals surface area contributed by atoms with Gasteiger partial charge < -0.3 is 5.41 Å². The second-order valence-corrected chi connectivity index (χ2v) is 1.73. The summed E-state index contributed by atoms with van der Waals surface area (Å²) in [5.74, 6) is -1.07. The summed E-state index contributed by atoms with van der Waals surface area (Å²) in [5.41, 5.74) is 0. The van der Waals surface area contributed by atoms with Crippen molar-refractivity contribution < 1.29 is 8.78 Å². The first kappa shape index (κ1) is 9.75. The SMILES string of the molecule is CC=N.Fc1cccc(F)c1. The predicted molar refractivity (Wildman–Crippen MR) is 40.8 cm³/mol. The number of rotatable bonds is 0. The lowest BCUT2D eigenvalue weighted by Gasteiger charge is -1.84. The maximum absolute atomic E-state index is 11.9. The molecule has 60 valence electrons. The van der Waals surface area contributed by atoms with Crippen molar-refractivity contribution >= 4 is 6.21 Å². The van der Waals surface area contributed by atoms with Gasteiger partial charge in [0.2, 0.25) is 0 Å². The van der Waals surface area contributed by atoms with Crippen molar-refractivity contribution in [1.29, 1.82) is 5.41 Å².